The van der Waals surface area contributed by atoms with Gasteiger partial charge in [-0.05, 0) is 58.1 Å². The Labute approximate surface area is 193 Å². The molecule has 1 unspecified atom stereocenters. The molecule has 1 aromatic rings. The fourth-order valence-electron chi connectivity index (χ4n) is 6.11. The summed E-state index contributed by atoms with van der Waals surface area (Å²) in [6.45, 7) is 13.8. The van der Waals surface area contributed by atoms with Gasteiger partial charge >= 0.3 is 0 Å². The van der Waals surface area contributed by atoms with Gasteiger partial charge in [-0.1, -0.05) is 0 Å². The third-order valence-corrected chi connectivity index (χ3v) is 8.09. The quantitative estimate of drug-likeness (QED) is 0.602. The number of aryl methyl sites for hydroxylation is 1. The first-order valence-corrected chi connectivity index (χ1v) is 12.4. The van der Waals surface area contributed by atoms with Gasteiger partial charge in [0.1, 0.15) is 0 Å². The van der Waals surface area contributed by atoms with Crippen molar-refractivity contribution in [3.63, 3.8) is 0 Å². The lowest BCUT2D eigenvalue weighted by Crippen LogP contribution is -2.44. The smallest absolute Gasteiger partial charge is 0.255 e. The fraction of sp³-hybridized carbons (Fsp3) is 0.800. The van der Waals surface area contributed by atoms with Gasteiger partial charge in [0.05, 0.1) is 18.8 Å². The molecule has 0 N–H and O–H groups in total. The number of piperidine rings is 1. The summed E-state index contributed by atoms with van der Waals surface area (Å²) < 4.78 is 13.0. The van der Waals surface area contributed by atoms with Crippen molar-refractivity contribution in [1.29, 1.82) is 0 Å². The largest absolute Gasteiger partial charge is 0.385 e. The number of aromatic nitrogens is 1. The monoisotopic (exact) mass is 446 g/mol. The van der Waals surface area contributed by atoms with Crippen molar-refractivity contribution in [1.82, 2.24) is 19.3 Å². The van der Waals surface area contributed by atoms with E-state index in [0.29, 0.717) is 11.5 Å². The molecule has 3 aliphatic heterocycles. The standard InChI is InChI=1S/C25H42N4O3/c1-20-16-23(21(2)29(20)8-5-13-31-4)24(30)28-9-6-25(7-10-28)17-22(26(3)19-25)18-27-11-14-32-15-12-27/h16,22H,5-15,17-19H2,1-4H3. The zero-order valence-electron chi connectivity index (χ0n) is 20.6. The normalized spacial score (nSPS) is 24.5. The number of likely N-dealkylation sites (N-methyl/N-ethyl adjacent to an activating group) is 1. The second-order valence-electron chi connectivity index (χ2n) is 10.3. The number of carbonyl (C=O) groups is 1. The van der Waals surface area contributed by atoms with E-state index in [9.17, 15) is 4.79 Å². The molecule has 0 bridgehead atoms. The van der Waals surface area contributed by atoms with E-state index in [1.54, 1.807) is 7.11 Å². The van der Waals surface area contributed by atoms with Crippen LogP contribution in [0.25, 0.3) is 0 Å². The molecule has 4 rings (SSSR count). The number of amides is 1. The van der Waals surface area contributed by atoms with Crippen LogP contribution in [0.2, 0.25) is 0 Å². The number of hydrogen-bond donors (Lipinski definition) is 0. The van der Waals surface area contributed by atoms with Crippen LogP contribution < -0.4 is 0 Å². The number of nitrogens with zero attached hydrogens (tertiary/aromatic N) is 4. The second kappa shape index (κ2) is 10.2. The third-order valence-electron chi connectivity index (χ3n) is 8.09. The molecule has 4 heterocycles. The average molecular weight is 447 g/mol. The lowest BCUT2D eigenvalue weighted by atomic mass is 9.76. The molecule has 1 amide bonds. The van der Waals surface area contributed by atoms with Gasteiger partial charge in [0, 0.05) is 77.0 Å². The van der Waals surface area contributed by atoms with Crippen molar-refractivity contribution < 1.29 is 14.3 Å². The second-order valence-corrected chi connectivity index (χ2v) is 10.3. The molecule has 0 aliphatic carbocycles. The van der Waals surface area contributed by atoms with Gasteiger partial charge in [-0.15, -0.1) is 0 Å². The van der Waals surface area contributed by atoms with Crippen molar-refractivity contribution in [2.24, 2.45) is 5.41 Å². The van der Waals surface area contributed by atoms with Gasteiger partial charge in [0.2, 0.25) is 0 Å². The molecule has 7 heteroatoms. The molecule has 3 aliphatic rings. The number of carbonyl (C=O) groups excluding carboxylic acids is 1. The number of methoxy groups -OCH3 is 1. The molecular formula is C25H42N4O3. The summed E-state index contributed by atoms with van der Waals surface area (Å²) in [6, 6.07) is 2.71. The Hall–Kier alpha value is -1.41. The van der Waals surface area contributed by atoms with Crippen molar-refractivity contribution in [2.45, 2.75) is 52.1 Å². The van der Waals surface area contributed by atoms with E-state index in [2.05, 4.69) is 46.2 Å². The molecule has 1 aromatic heterocycles. The van der Waals surface area contributed by atoms with E-state index in [0.717, 1.165) is 96.2 Å². The van der Waals surface area contributed by atoms with Crippen LogP contribution in [-0.2, 0) is 16.0 Å². The van der Waals surface area contributed by atoms with Crippen LogP contribution in [0.5, 0.6) is 0 Å². The first-order valence-electron chi connectivity index (χ1n) is 12.4. The van der Waals surface area contributed by atoms with Crippen LogP contribution in [0.4, 0.5) is 0 Å². The number of hydrogen-bond acceptors (Lipinski definition) is 5. The van der Waals surface area contributed by atoms with Crippen LogP contribution in [-0.4, -0.2) is 104 Å². The van der Waals surface area contributed by atoms with Crippen LogP contribution in [0, 0.1) is 19.3 Å². The van der Waals surface area contributed by atoms with Crippen LogP contribution >= 0.6 is 0 Å². The molecular weight excluding hydrogens is 404 g/mol. The Kier molecular flexibility index (Phi) is 7.60. The topological polar surface area (TPSA) is 50.2 Å². The van der Waals surface area contributed by atoms with E-state index >= 15 is 0 Å². The van der Waals surface area contributed by atoms with E-state index in [-0.39, 0.29) is 5.91 Å². The molecule has 0 radical (unpaired) electrons. The van der Waals surface area contributed by atoms with Crippen molar-refractivity contribution in [2.75, 3.05) is 73.2 Å². The van der Waals surface area contributed by atoms with Crippen LogP contribution in [0.1, 0.15) is 47.4 Å². The minimum atomic E-state index is 0.210. The van der Waals surface area contributed by atoms with Gasteiger partial charge < -0.3 is 23.8 Å². The van der Waals surface area contributed by atoms with Gasteiger partial charge in [-0.2, -0.15) is 0 Å². The van der Waals surface area contributed by atoms with E-state index in [4.69, 9.17) is 9.47 Å². The highest BCUT2D eigenvalue weighted by Crippen LogP contribution is 2.43. The Morgan fingerprint density at radius 1 is 1.19 bits per heavy atom. The van der Waals surface area contributed by atoms with E-state index in [1.165, 1.54) is 12.1 Å². The molecule has 0 saturated carbocycles. The zero-order chi connectivity index (χ0) is 22.7. The molecule has 3 saturated heterocycles. The van der Waals surface area contributed by atoms with Crippen molar-refractivity contribution >= 4 is 5.91 Å². The minimum Gasteiger partial charge on any atom is -0.385 e. The van der Waals surface area contributed by atoms with Crippen molar-refractivity contribution in [3.05, 3.63) is 23.0 Å². The summed E-state index contributed by atoms with van der Waals surface area (Å²) in [6.07, 6.45) is 4.47. The van der Waals surface area contributed by atoms with Crippen molar-refractivity contribution in [3.8, 4) is 0 Å². The predicted molar refractivity (Wildman–Crippen MR) is 126 cm³/mol. The van der Waals surface area contributed by atoms with Gasteiger partial charge in [0.25, 0.3) is 5.91 Å². The first kappa shape index (κ1) is 23.7. The molecule has 32 heavy (non-hydrogen) atoms. The average Bonchev–Trinajstić information content (AvgIpc) is 3.24. The number of likely N-dealkylation sites (tertiary alicyclic amines) is 2. The molecule has 7 nitrogen and oxygen atoms in total. The molecule has 1 spiro atoms. The van der Waals surface area contributed by atoms with E-state index < -0.39 is 0 Å². The Balaban J connectivity index is 1.33. The SMILES string of the molecule is COCCCn1c(C)cc(C(=O)N2CCC3(CC2)CC(CN2CCOCC2)N(C)C3)c1C. The summed E-state index contributed by atoms with van der Waals surface area (Å²) in [4.78, 5) is 20.6. The van der Waals surface area contributed by atoms with E-state index in [1.807, 2.05) is 0 Å². The zero-order valence-corrected chi connectivity index (χ0v) is 20.6. The van der Waals surface area contributed by atoms with Gasteiger partial charge in [-0.3, -0.25) is 9.69 Å². The predicted octanol–water partition coefficient (Wildman–Crippen LogP) is 2.40. The highest BCUT2D eigenvalue weighted by Gasteiger charge is 2.45. The number of morpholine rings is 1. The Morgan fingerprint density at radius 2 is 1.91 bits per heavy atom. The number of rotatable bonds is 7. The fourth-order valence-corrected chi connectivity index (χ4v) is 6.11. The molecule has 0 aromatic carbocycles. The van der Waals surface area contributed by atoms with Crippen LogP contribution in [0.3, 0.4) is 0 Å². The lowest BCUT2D eigenvalue weighted by molar-refractivity contribution is 0.0283. The summed E-state index contributed by atoms with van der Waals surface area (Å²) in [7, 11) is 4.02. The lowest BCUT2D eigenvalue weighted by Gasteiger charge is -2.39. The molecule has 3 fully saturated rings. The summed E-state index contributed by atoms with van der Waals surface area (Å²) >= 11 is 0. The molecule has 1 atom stereocenters. The number of ether oxygens (including phenoxy) is 2. The van der Waals surface area contributed by atoms with Crippen LogP contribution in [0.15, 0.2) is 6.07 Å². The molecule has 180 valence electrons. The summed E-state index contributed by atoms with van der Waals surface area (Å²) in [5.41, 5.74) is 3.51. The maximum Gasteiger partial charge on any atom is 0.255 e. The Bertz CT molecular complexity index is 778. The first-order chi connectivity index (χ1) is 15.4. The maximum absolute atomic E-state index is 13.4. The maximum atomic E-state index is 13.4. The summed E-state index contributed by atoms with van der Waals surface area (Å²) in [5.74, 6) is 0.210. The highest BCUT2D eigenvalue weighted by molar-refractivity contribution is 5.95. The third kappa shape index (κ3) is 5.06. The Morgan fingerprint density at radius 3 is 2.59 bits per heavy atom. The highest BCUT2D eigenvalue weighted by atomic mass is 16.5. The van der Waals surface area contributed by atoms with Gasteiger partial charge in [-0.25, -0.2) is 0 Å². The minimum absolute atomic E-state index is 0.210. The van der Waals surface area contributed by atoms with Gasteiger partial charge in [0.15, 0.2) is 0 Å². The summed E-state index contributed by atoms with van der Waals surface area (Å²) in [5, 5.41) is 0.